The number of nitrogens with zero attached hydrogens (tertiary/aromatic N) is 4. The van der Waals surface area contributed by atoms with Gasteiger partial charge in [0.1, 0.15) is 18.8 Å². The molecule has 3 saturated heterocycles. The molecule has 1 aromatic carbocycles. The molecule has 9 heteroatoms. The molecule has 3 aliphatic heterocycles. The van der Waals surface area contributed by atoms with Gasteiger partial charge in [0.25, 0.3) is 0 Å². The number of benzene rings is 1. The lowest BCUT2D eigenvalue weighted by molar-refractivity contribution is -0.185. The fraction of sp³-hybridized carbons (Fsp3) is 0.636. The average molecular weight is 430 g/mol. The lowest BCUT2D eigenvalue weighted by Crippen LogP contribution is -2.46. The first-order valence-corrected chi connectivity index (χ1v) is 11.2. The van der Waals surface area contributed by atoms with Gasteiger partial charge in [-0.1, -0.05) is 0 Å². The predicted octanol–water partition coefficient (Wildman–Crippen LogP) is 1.27. The molecule has 0 unspecified atom stereocenters. The smallest absolute Gasteiger partial charge is 0.170 e. The fourth-order valence-electron chi connectivity index (χ4n) is 4.64. The van der Waals surface area contributed by atoms with Crippen LogP contribution in [0.2, 0.25) is 0 Å². The number of rotatable bonds is 6. The Kier molecular flexibility index (Phi) is 6.08. The fourth-order valence-corrected chi connectivity index (χ4v) is 4.64. The second-order valence-corrected chi connectivity index (χ2v) is 8.25. The zero-order valence-electron chi connectivity index (χ0n) is 18.1. The van der Waals surface area contributed by atoms with Gasteiger partial charge in [-0.3, -0.25) is 4.90 Å². The minimum absolute atomic E-state index is 0.333. The van der Waals surface area contributed by atoms with E-state index in [1.807, 2.05) is 12.1 Å². The van der Waals surface area contributed by atoms with Gasteiger partial charge in [0, 0.05) is 70.1 Å². The molecule has 0 atom stereocenters. The SMILES string of the molecule is COc1cc2c(N3CCNCC3)ncnc2cc1OCCN1CCC2(CC1)OCCO2. The third-order valence-electron chi connectivity index (χ3n) is 6.41. The van der Waals surface area contributed by atoms with Crippen molar-refractivity contribution in [2.24, 2.45) is 0 Å². The molecule has 3 fully saturated rings. The Morgan fingerprint density at radius 3 is 2.55 bits per heavy atom. The number of anilines is 1. The van der Waals surface area contributed by atoms with E-state index in [-0.39, 0.29) is 5.79 Å². The molecule has 0 radical (unpaired) electrons. The normalized spacial score (nSPS) is 21.6. The molecule has 3 aliphatic rings. The highest BCUT2D eigenvalue weighted by atomic mass is 16.7. The van der Waals surface area contributed by atoms with Crippen LogP contribution in [-0.2, 0) is 9.47 Å². The van der Waals surface area contributed by atoms with Crippen LogP contribution in [0, 0.1) is 0 Å². The van der Waals surface area contributed by atoms with Crippen molar-refractivity contribution in [1.82, 2.24) is 20.2 Å². The number of piperidine rings is 1. The summed E-state index contributed by atoms with van der Waals surface area (Å²) in [5, 5.41) is 4.37. The maximum Gasteiger partial charge on any atom is 0.170 e. The quantitative estimate of drug-likeness (QED) is 0.730. The van der Waals surface area contributed by atoms with Crippen LogP contribution in [0.5, 0.6) is 11.5 Å². The minimum Gasteiger partial charge on any atom is -0.493 e. The molecule has 5 rings (SSSR count). The van der Waals surface area contributed by atoms with Crippen molar-refractivity contribution in [3.63, 3.8) is 0 Å². The van der Waals surface area contributed by atoms with E-state index in [4.69, 9.17) is 18.9 Å². The summed E-state index contributed by atoms with van der Waals surface area (Å²) in [7, 11) is 1.67. The summed E-state index contributed by atoms with van der Waals surface area (Å²) in [6.07, 6.45) is 3.46. The number of nitrogens with one attached hydrogen (secondary N) is 1. The van der Waals surface area contributed by atoms with Gasteiger partial charge in [0.2, 0.25) is 0 Å². The van der Waals surface area contributed by atoms with Crippen molar-refractivity contribution in [3.8, 4) is 11.5 Å². The summed E-state index contributed by atoms with van der Waals surface area (Å²) in [5.74, 6) is 2.05. The largest absolute Gasteiger partial charge is 0.493 e. The van der Waals surface area contributed by atoms with E-state index in [2.05, 4.69) is 25.1 Å². The van der Waals surface area contributed by atoms with Gasteiger partial charge in [0.15, 0.2) is 17.3 Å². The molecule has 168 valence electrons. The number of aromatic nitrogens is 2. The van der Waals surface area contributed by atoms with Crippen LogP contribution < -0.4 is 19.7 Å². The summed E-state index contributed by atoms with van der Waals surface area (Å²) in [4.78, 5) is 13.7. The van der Waals surface area contributed by atoms with Crippen molar-refractivity contribution >= 4 is 16.7 Å². The maximum absolute atomic E-state index is 6.13. The van der Waals surface area contributed by atoms with Gasteiger partial charge in [-0.15, -0.1) is 0 Å². The standard InChI is InChI=1S/C22H31N5O4/c1-28-19-14-17-18(24-16-25-21(17)27-8-4-23-5-9-27)15-20(19)29-11-10-26-6-2-22(3-7-26)30-12-13-31-22/h14-16,23H,2-13H2,1H3. The molecule has 9 nitrogen and oxygen atoms in total. The number of ether oxygens (including phenoxy) is 4. The van der Waals surface area contributed by atoms with E-state index < -0.39 is 0 Å². The molecule has 2 aromatic rings. The van der Waals surface area contributed by atoms with E-state index in [9.17, 15) is 0 Å². The first-order chi connectivity index (χ1) is 15.3. The molecule has 0 saturated carbocycles. The molecular weight excluding hydrogens is 398 g/mol. The van der Waals surface area contributed by atoms with Gasteiger partial charge in [0.05, 0.1) is 25.8 Å². The number of fused-ring (bicyclic) bond motifs is 1. The van der Waals surface area contributed by atoms with E-state index in [0.717, 1.165) is 81.1 Å². The Morgan fingerprint density at radius 1 is 1.03 bits per heavy atom. The van der Waals surface area contributed by atoms with Crippen LogP contribution in [0.1, 0.15) is 12.8 Å². The number of likely N-dealkylation sites (tertiary alicyclic amines) is 1. The zero-order chi connectivity index (χ0) is 21.1. The Balaban J connectivity index is 1.24. The third-order valence-corrected chi connectivity index (χ3v) is 6.41. The Bertz CT molecular complexity index is 889. The van der Waals surface area contributed by atoms with Gasteiger partial charge in [-0.2, -0.15) is 0 Å². The topological polar surface area (TPSA) is 81.2 Å². The van der Waals surface area contributed by atoms with Crippen molar-refractivity contribution < 1.29 is 18.9 Å². The van der Waals surface area contributed by atoms with Crippen molar-refractivity contribution in [2.45, 2.75) is 18.6 Å². The first-order valence-electron chi connectivity index (χ1n) is 11.2. The van der Waals surface area contributed by atoms with Crippen molar-refractivity contribution in [2.75, 3.05) is 77.6 Å². The van der Waals surface area contributed by atoms with Gasteiger partial charge < -0.3 is 29.2 Å². The summed E-state index contributed by atoms with van der Waals surface area (Å²) < 4.78 is 23.4. The van der Waals surface area contributed by atoms with Crippen LogP contribution in [0.3, 0.4) is 0 Å². The zero-order valence-corrected chi connectivity index (χ0v) is 18.1. The summed E-state index contributed by atoms with van der Waals surface area (Å²) in [6, 6.07) is 3.97. The van der Waals surface area contributed by atoms with Crippen LogP contribution in [-0.4, -0.2) is 93.4 Å². The lowest BCUT2D eigenvalue weighted by Gasteiger charge is -2.37. The number of hydrogen-bond donors (Lipinski definition) is 1. The molecule has 4 heterocycles. The average Bonchev–Trinajstić information content (AvgIpc) is 3.28. The second kappa shape index (κ2) is 9.12. The molecule has 0 amide bonds. The molecular formula is C22H31N5O4. The van der Waals surface area contributed by atoms with Gasteiger partial charge >= 0.3 is 0 Å². The van der Waals surface area contributed by atoms with E-state index in [0.29, 0.717) is 25.6 Å². The summed E-state index contributed by atoms with van der Waals surface area (Å²) in [6.45, 7) is 8.56. The Labute approximate surface area is 182 Å². The molecule has 0 aliphatic carbocycles. The molecule has 1 aromatic heterocycles. The monoisotopic (exact) mass is 429 g/mol. The van der Waals surface area contributed by atoms with Crippen molar-refractivity contribution in [1.29, 1.82) is 0 Å². The molecule has 0 bridgehead atoms. The highest BCUT2D eigenvalue weighted by molar-refractivity contribution is 5.92. The number of piperazine rings is 1. The van der Waals surface area contributed by atoms with Gasteiger partial charge in [-0.25, -0.2) is 9.97 Å². The Hall–Kier alpha value is -2.20. The van der Waals surface area contributed by atoms with Crippen molar-refractivity contribution in [3.05, 3.63) is 18.5 Å². The third kappa shape index (κ3) is 4.41. The molecule has 1 N–H and O–H groups in total. The van der Waals surface area contributed by atoms with E-state index in [1.54, 1.807) is 13.4 Å². The minimum atomic E-state index is -0.333. The maximum atomic E-state index is 6.13. The number of hydrogen-bond acceptors (Lipinski definition) is 9. The van der Waals surface area contributed by atoms with Crippen LogP contribution in [0.4, 0.5) is 5.82 Å². The lowest BCUT2D eigenvalue weighted by atomic mass is 10.0. The van der Waals surface area contributed by atoms with Crippen LogP contribution in [0.15, 0.2) is 18.5 Å². The van der Waals surface area contributed by atoms with Crippen LogP contribution >= 0.6 is 0 Å². The second-order valence-electron chi connectivity index (χ2n) is 8.25. The summed E-state index contributed by atoms with van der Waals surface area (Å²) >= 11 is 0. The number of methoxy groups -OCH3 is 1. The van der Waals surface area contributed by atoms with E-state index in [1.165, 1.54) is 0 Å². The van der Waals surface area contributed by atoms with Gasteiger partial charge in [-0.05, 0) is 6.07 Å². The van der Waals surface area contributed by atoms with Crippen LogP contribution in [0.25, 0.3) is 10.9 Å². The highest BCUT2D eigenvalue weighted by Gasteiger charge is 2.39. The van der Waals surface area contributed by atoms with E-state index >= 15 is 0 Å². The Morgan fingerprint density at radius 2 is 1.81 bits per heavy atom. The first kappa shape index (κ1) is 20.7. The predicted molar refractivity (Wildman–Crippen MR) is 117 cm³/mol. The summed E-state index contributed by atoms with van der Waals surface area (Å²) in [5.41, 5.74) is 0.870. The molecule has 31 heavy (non-hydrogen) atoms. The highest BCUT2D eigenvalue weighted by Crippen LogP contribution is 2.35. The molecule has 1 spiro atoms.